The Labute approximate surface area is 127 Å². The Morgan fingerprint density at radius 1 is 0.905 bits per heavy atom. The fourth-order valence-corrected chi connectivity index (χ4v) is 1.16. The van der Waals surface area contributed by atoms with Gasteiger partial charge in [-0.2, -0.15) is 0 Å². The maximum Gasteiger partial charge on any atom is 0.234 e. The van der Waals surface area contributed by atoms with E-state index in [0.29, 0.717) is 26.3 Å². The van der Waals surface area contributed by atoms with Crippen molar-refractivity contribution in [3.05, 3.63) is 0 Å². The SMILES string of the molecule is CC(C)OCOCCNCC(=O)NCCOCOC(C)C. The lowest BCUT2D eigenvalue weighted by atomic mass is 10.5. The van der Waals surface area contributed by atoms with Crippen molar-refractivity contribution in [3.8, 4) is 0 Å². The van der Waals surface area contributed by atoms with Gasteiger partial charge in [0, 0.05) is 13.1 Å². The van der Waals surface area contributed by atoms with E-state index >= 15 is 0 Å². The molecule has 0 spiro atoms. The molecule has 0 rings (SSSR count). The Balaban J connectivity index is 3.20. The molecule has 0 saturated carbocycles. The quantitative estimate of drug-likeness (QED) is 0.359. The summed E-state index contributed by atoms with van der Waals surface area (Å²) < 4.78 is 20.8. The summed E-state index contributed by atoms with van der Waals surface area (Å²) in [4.78, 5) is 11.4. The molecular weight excluding hydrogens is 276 g/mol. The van der Waals surface area contributed by atoms with Gasteiger partial charge in [-0.1, -0.05) is 0 Å². The molecule has 126 valence electrons. The standard InChI is InChI=1S/C14H30N2O5/c1-12(2)20-10-18-7-5-15-9-14(17)16-6-8-19-11-21-13(3)4/h12-13,15H,5-11H2,1-4H3,(H,16,17). The van der Waals surface area contributed by atoms with Gasteiger partial charge >= 0.3 is 0 Å². The number of nitrogens with one attached hydrogen (secondary N) is 2. The van der Waals surface area contributed by atoms with Crippen molar-refractivity contribution in [2.75, 3.05) is 46.4 Å². The van der Waals surface area contributed by atoms with Gasteiger partial charge in [-0.3, -0.25) is 4.79 Å². The van der Waals surface area contributed by atoms with E-state index < -0.39 is 0 Å². The van der Waals surface area contributed by atoms with Crippen LogP contribution in [0, 0.1) is 0 Å². The Bertz CT molecular complexity index is 250. The van der Waals surface area contributed by atoms with Crippen LogP contribution in [0.25, 0.3) is 0 Å². The Hall–Kier alpha value is -0.730. The minimum atomic E-state index is -0.0678. The summed E-state index contributed by atoms with van der Waals surface area (Å²) in [6, 6.07) is 0. The van der Waals surface area contributed by atoms with Gasteiger partial charge < -0.3 is 29.6 Å². The second kappa shape index (κ2) is 14.2. The van der Waals surface area contributed by atoms with Crippen molar-refractivity contribution in [1.82, 2.24) is 10.6 Å². The second-order valence-electron chi connectivity index (χ2n) is 5.01. The minimum Gasteiger partial charge on any atom is -0.354 e. The maximum atomic E-state index is 11.4. The molecule has 0 aromatic heterocycles. The molecule has 7 nitrogen and oxygen atoms in total. The first kappa shape index (κ1) is 20.3. The zero-order valence-electron chi connectivity index (χ0n) is 13.6. The molecule has 7 heteroatoms. The summed E-state index contributed by atoms with van der Waals surface area (Å²) in [6.45, 7) is 10.6. The smallest absolute Gasteiger partial charge is 0.234 e. The van der Waals surface area contributed by atoms with Gasteiger partial charge in [0.2, 0.25) is 5.91 Å². The highest BCUT2D eigenvalue weighted by Crippen LogP contribution is 1.87. The van der Waals surface area contributed by atoms with Crippen molar-refractivity contribution in [3.63, 3.8) is 0 Å². The predicted molar refractivity (Wildman–Crippen MR) is 80.0 cm³/mol. The summed E-state index contributed by atoms with van der Waals surface area (Å²) in [5.41, 5.74) is 0. The molecule has 0 aliphatic carbocycles. The zero-order chi connectivity index (χ0) is 15.9. The topological polar surface area (TPSA) is 78.1 Å². The first-order valence-electron chi connectivity index (χ1n) is 7.38. The van der Waals surface area contributed by atoms with E-state index in [1.807, 2.05) is 27.7 Å². The van der Waals surface area contributed by atoms with E-state index in [4.69, 9.17) is 18.9 Å². The molecule has 0 bridgehead atoms. The first-order valence-corrected chi connectivity index (χ1v) is 7.38. The van der Waals surface area contributed by atoms with Crippen molar-refractivity contribution in [1.29, 1.82) is 0 Å². The summed E-state index contributed by atoms with van der Waals surface area (Å²) in [5, 5.41) is 5.72. The number of hydrogen-bond acceptors (Lipinski definition) is 6. The molecule has 2 N–H and O–H groups in total. The van der Waals surface area contributed by atoms with E-state index in [1.54, 1.807) is 0 Å². The van der Waals surface area contributed by atoms with Crippen LogP contribution in [0.1, 0.15) is 27.7 Å². The van der Waals surface area contributed by atoms with Crippen LogP contribution in [0.2, 0.25) is 0 Å². The third-order valence-electron chi connectivity index (χ3n) is 2.25. The summed E-state index contributed by atoms with van der Waals surface area (Å²) in [7, 11) is 0. The number of carbonyl (C=O) groups excluding carboxylic acids is 1. The van der Waals surface area contributed by atoms with Crippen molar-refractivity contribution in [2.24, 2.45) is 0 Å². The predicted octanol–water partition coefficient (Wildman–Crippen LogP) is 0.490. The number of hydrogen-bond donors (Lipinski definition) is 2. The number of carbonyl (C=O) groups is 1. The highest BCUT2D eigenvalue weighted by molar-refractivity contribution is 5.77. The maximum absolute atomic E-state index is 11.4. The molecule has 21 heavy (non-hydrogen) atoms. The molecule has 0 aliphatic heterocycles. The van der Waals surface area contributed by atoms with Crippen molar-refractivity contribution < 1.29 is 23.7 Å². The molecule has 0 unspecified atom stereocenters. The normalized spacial score (nSPS) is 11.3. The van der Waals surface area contributed by atoms with Crippen LogP contribution in [-0.2, 0) is 23.7 Å². The molecule has 0 heterocycles. The fraction of sp³-hybridized carbons (Fsp3) is 0.929. The van der Waals surface area contributed by atoms with Gasteiger partial charge in [-0.05, 0) is 27.7 Å². The lowest BCUT2D eigenvalue weighted by Crippen LogP contribution is -2.37. The Kier molecular flexibility index (Phi) is 13.7. The van der Waals surface area contributed by atoms with E-state index in [-0.39, 0.29) is 38.2 Å². The highest BCUT2D eigenvalue weighted by Gasteiger charge is 2.00. The van der Waals surface area contributed by atoms with Crippen LogP contribution in [0.5, 0.6) is 0 Å². The Morgan fingerprint density at radius 3 is 1.95 bits per heavy atom. The fourth-order valence-electron chi connectivity index (χ4n) is 1.16. The van der Waals surface area contributed by atoms with E-state index in [9.17, 15) is 4.79 Å². The van der Waals surface area contributed by atoms with Gasteiger partial charge in [0.1, 0.15) is 13.6 Å². The van der Waals surface area contributed by atoms with Crippen LogP contribution in [0.4, 0.5) is 0 Å². The number of amides is 1. The van der Waals surface area contributed by atoms with Gasteiger partial charge in [0.05, 0.1) is 32.0 Å². The van der Waals surface area contributed by atoms with Crippen molar-refractivity contribution in [2.45, 2.75) is 39.9 Å². The Morgan fingerprint density at radius 2 is 1.43 bits per heavy atom. The lowest BCUT2D eigenvalue weighted by molar-refractivity contribution is -0.121. The van der Waals surface area contributed by atoms with E-state index in [1.165, 1.54) is 0 Å². The van der Waals surface area contributed by atoms with Crippen LogP contribution < -0.4 is 10.6 Å². The monoisotopic (exact) mass is 306 g/mol. The highest BCUT2D eigenvalue weighted by atomic mass is 16.7. The van der Waals surface area contributed by atoms with Gasteiger partial charge in [-0.15, -0.1) is 0 Å². The molecular formula is C14H30N2O5. The molecule has 0 radical (unpaired) electrons. The lowest BCUT2D eigenvalue weighted by Gasteiger charge is -2.10. The number of rotatable bonds is 14. The van der Waals surface area contributed by atoms with E-state index in [0.717, 1.165) is 0 Å². The molecule has 0 fully saturated rings. The summed E-state index contributed by atoms with van der Waals surface area (Å²) >= 11 is 0. The molecule has 0 saturated heterocycles. The van der Waals surface area contributed by atoms with Crippen LogP contribution in [-0.4, -0.2) is 64.5 Å². The van der Waals surface area contributed by atoms with Crippen LogP contribution in [0.15, 0.2) is 0 Å². The van der Waals surface area contributed by atoms with Crippen LogP contribution >= 0.6 is 0 Å². The third-order valence-corrected chi connectivity index (χ3v) is 2.25. The third kappa shape index (κ3) is 17.2. The summed E-state index contributed by atoms with van der Waals surface area (Å²) in [6.07, 6.45) is 0.314. The van der Waals surface area contributed by atoms with Crippen LogP contribution in [0.3, 0.4) is 0 Å². The first-order chi connectivity index (χ1) is 10.0. The number of ether oxygens (including phenoxy) is 4. The molecule has 1 amide bonds. The molecule has 0 aromatic carbocycles. The van der Waals surface area contributed by atoms with Gasteiger partial charge in [-0.25, -0.2) is 0 Å². The van der Waals surface area contributed by atoms with Crippen molar-refractivity contribution >= 4 is 5.91 Å². The largest absolute Gasteiger partial charge is 0.354 e. The average Bonchev–Trinajstić information content (AvgIpc) is 2.41. The van der Waals surface area contributed by atoms with Gasteiger partial charge in [0.15, 0.2) is 0 Å². The average molecular weight is 306 g/mol. The molecule has 0 aromatic rings. The zero-order valence-corrected chi connectivity index (χ0v) is 13.6. The molecule has 0 atom stereocenters. The summed E-state index contributed by atoms with van der Waals surface area (Å²) in [5.74, 6) is -0.0678. The second-order valence-corrected chi connectivity index (χ2v) is 5.01. The van der Waals surface area contributed by atoms with E-state index in [2.05, 4.69) is 10.6 Å². The van der Waals surface area contributed by atoms with Gasteiger partial charge in [0.25, 0.3) is 0 Å². The molecule has 0 aliphatic rings. The minimum absolute atomic E-state index is 0.0678.